The highest BCUT2D eigenvalue weighted by molar-refractivity contribution is 5.01. The van der Waals surface area contributed by atoms with Crippen LogP contribution in [0.25, 0.3) is 0 Å². The molecule has 0 bridgehead atoms. The van der Waals surface area contributed by atoms with E-state index in [0.29, 0.717) is 21.7 Å². The van der Waals surface area contributed by atoms with Crippen molar-refractivity contribution in [1.29, 1.82) is 0 Å². The Morgan fingerprint density at radius 3 is 0.452 bits per heavy atom. The molecule has 6 saturated carbocycles. The van der Waals surface area contributed by atoms with Crippen molar-refractivity contribution in [3.63, 3.8) is 0 Å². The molecule has 6 aliphatic carbocycles. The molecule has 6 aliphatic rings. The second-order valence-corrected chi connectivity index (χ2v) is 21.2. The summed E-state index contributed by atoms with van der Waals surface area (Å²) in [5.41, 5.74) is 2.17. The summed E-state index contributed by atoms with van der Waals surface area (Å²) < 4.78 is 0. The second-order valence-electron chi connectivity index (χ2n) is 21.2. The van der Waals surface area contributed by atoms with Gasteiger partial charge < -0.3 is 0 Å². The normalized spacial score (nSPS) is 43.1. The lowest BCUT2D eigenvalue weighted by Crippen LogP contribution is -2.25. The van der Waals surface area contributed by atoms with Gasteiger partial charge in [0.2, 0.25) is 0 Å². The number of hydrogen-bond donors (Lipinski definition) is 0. The van der Waals surface area contributed by atoms with E-state index < -0.39 is 0 Å². The van der Waals surface area contributed by atoms with Crippen LogP contribution < -0.4 is 0 Å². The molecule has 0 aromatic rings. The van der Waals surface area contributed by atoms with Crippen LogP contribution in [0.5, 0.6) is 0 Å². The SMILES string of the molecule is C.C.CC(C)(C)C1CC2CC3CC(C(C)(C)C)CC3CC2C1.CC(C)(C)C1CC2CC3CC(C(C)(C)C)CC3CC2C1. The summed E-state index contributed by atoms with van der Waals surface area (Å²) in [5, 5.41) is 0. The van der Waals surface area contributed by atoms with Crippen LogP contribution in [0.4, 0.5) is 0 Å². The van der Waals surface area contributed by atoms with Crippen molar-refractivity contribution in [2.75, 3.05) is 0 Å². The summed E-state index contributed by atoms with van der Waals surface area (Å²) in [6.45, 7) is 29.6. The minimum atomic E-state index is 0. The van der Waals surface area contributed by atoms with Gasteiger partial charge in [-0.3, -0.25) is 0 Å². The van der Waals surface area contributed by atoms with Crippen LogP contribution in [0.3, 0.4) is 0 Å². The molecule has 0 saturated heterocycles. The third-order valence-electron chi connectivity index (χ3n) is 14.7. The molecule has 8 unspecified atom stereocenters. The summed E-state index contributed by atoms with van der Waals surface area (Å²) in [7, 11) is 0. The number of rotatable bonds is 0. The van der Waals surface area contributed by atoms with Crippen LogP contribution in [-0.2, 0) is 0 Å². The predicted molar refractivity (Wildman–Crippen MR) is 189 cm³/mol. The van der Waals surface area contributed by atoms with E-state index >= 15 is 0 Å². The Hall–Kier alpha value is 0. The molecule has 0 aromatic heterocycles. The molecule has 0 radical (unpaired) electrons. The Bertz CT molecular complexity index is 666. The molecule has 0 spiro atoms. The Morgan fingerprint density at radius 2 is 0.357 bits per heavy atom. The maximum absolute atomic E-state index is 2.46. The standard InChI is InChI=1S/2C20H36.2CH4/c2*1-19(2,3)17-9-13-7-15-11-18(20(4,5)6)12-16(15)8-14(13)10-17;;/h2*13-18H,7-12H2,1-6H3;2*1H4. The van der Waals surface area contributed by atoms with Crippen LogP contribution in [0, 0.1) is 92.7 Å². The number of hydrogen-bond acceptors (Lipinski definition) is 0. The van der Waals surface area contributed by atoms with E-state index in [1.807, 2.05) is 0 Å². The van der Waals surface area contributed by atoms with Gasteiger partial charge in [0.25, 0.3) is 0 Å². The predicted octanol–water partition coefficient (Wildman–Crippen LogP) is 13.6. The first-order valence-electron chi connectivity index (χ1n) is 18.3. The quantitative estimate of drug-likeness (QED) is 0.266. The molecule has 6 rings (SSSR count). The highest BCUT2D eigenvalue weighted by Crippen LogP contribution is 2.60. The molecule has 0 N–H and O–H groups in total. The van der Waals surface area contributed by atoms with E-state index in [4.69, 9.17) is 0 Å². The Balaban J connectivity index is 0.000000220. The van der Waals surface area contributed by atoms with Gasteiger partial charge in [-0.2, -0.15) is 0 Å². The molecule has 8 atom stereocenters. The average molecular weight is 585 g/mol. The Morgan fingerprint density at radius 1 is 0.238 bits per heavy atom. The smallest absolute Gasteiger partial charge is 0.0354 e. The summed E-state index contributed by atoms with van der Waals surface area (Å²) >= 11 is 0. The van der Waals surface area contributed by atoms with Crippen LogP contribution in [0.15, 0.2) is 0 Å². The first-order chi connectivity index (χ1) is 18.3. The van der Waals surface area contributed by atoms with E-state index in [1.54, 1.807) is 25.7 Å². The third-order valence-corrected chi connectivity index (χ3v) is 14.7. The van der Waals surface area contributed by atoms with Crippen molar-refractivity contribution < 1.29 is 0 Å². The van der Waals surface area contributed by atoms with Crippen LogP contribution in [0.2, 0.25) is 0 Å². The van der Waals surface area contributed by atoms with E-state index in [-0.39, 0.29) is 14.9 Å². The second kappa shape index (κ2) is 12.7. The van der Waals surface area contributed by atoms with Gasteiger partial charge >= 0.3 is 0 Å². The van der Waals surface area contributed by atoms with Gasteiger partial charge in [0.15, 0.2) is 0 Å². The molecule has 248 valence electrons. The third kappa shape index (κ3) is 7.86. The largest absolute Gasteiger partial charge is 0.0776 e. The Kier molecular flexibility index (Phi) is 11.0. The monoisotopic (exact) mass is 585 g/mol. The molecular weight excluding hydrogens is 504 g/mol. The van der Waals surface area contributed by atoms with Crippen LogP contribution >= 0.6 is 0 Å². The molecule has 6 fully saturated rings. The minimum Gasteiger partial charge on any atom is -0.0776 e. The van der Waals surface area contributed by atoms with E-state index in [0.717, 1.165) is 71.0 Å². The van der Waals surface area contributed by atoms with Gasteiger partial charge in [0, 0.05) is 0 Å². The van der Waals surface area contributed by atoms with Crippen molar-refractivity contribution >= 4 is 0 Å². The summed E-state index contributed by atoms with van der Waals surface area (Å²) in [5.74, 6) is 12.6. The van der Waals surface area contributed by atoms with Gasteiger partial charge in [-0.1, -0.05) is 97.9 Å². The van der Waals surface area contributed by atoms with Gasteiger partial charge in [-0.15, -0.1) is 0 Å². The maximum Gasteiger partial charge on any atom is -0.0354 e. The summed E-state index contributed by atoms with van der Waals surface area (Å²) in [4.78, 5) is 0. The summed E-state index contributed by atoms with van der Waals surface area (Å²) in [6, 6.07) is 0. The zero-order valence-corrected chi connectivity index (χ0v) is 29.4. The molecule has 42 heavy (non-hydrogen) atoms. The van der Waals surface area contributed by atoms with Gasteiger partial charge in [0.1, 0.15) is 0 Å². The molecule has 0 heterocycles. The fourth-order valence-corrected chi connectivity index (χ4v) is 11.5. The van der Waals surface area contributed by atoms with Crippen LogP contribution in [-0.4, -0.2) is 0 Å². The first kappa shape index (κ1) is 36.5. The molecule has 0 aromatic carbocycles. The van der Waals surface area contributed by atoms with Gasteiger partial charge in [-0.25, -0.2) is 0 Å². The molecule has 0 heteroatoms. The van der Waals surface area contributed by atoms with Crippen molar-refractivity contribution in [3.8, 4) is 0 Å². The van der Waals surface area contributed by atoms with Crippen molar-refractivity contribution in [1.82, 2.24) is 0 Å². The van der Waals surface area contributed by atoms with Gasteiger partial charge in [0.05, 0.1) is 0 Å². The maximum atomic E-state index is 2.46. The van der Waals surface area contributed by atoms with Crippen molar-refractivity contribution in [2.45, 2.75) is 175 Å². The fraction of sp³-hybridized carbons (Fsp3) is 1.00. The highest BCUT2D eigenvalue weighted by Gasteiger charge is 2.51. The molecule has 0 aliphatic heterocycles. The lowest BCUT2D eigenvalue weighted by atomic mass is 9.71. The van der Waals surface area contributed by atoms with E-state index in [2.05, 4.69) is 83.1 Å². The Labute approximate surface area is 267 Å². The molecule has 0 amide bonds. The topological polar surface area (TPSA) is 0 Å². The highest BCUT2D eigenvalue weighted by atomic mass is 14.6. The van der Waals surface area contributed by atoms with E-state index in [1.165, 1.54) is 51.4 Å². The van der Waals surface area contributed by atoms with E-state index in [9.17, 15) is 0 Å². The lowest BCUT2D eigenvalue weighted by molar-refractivity contribution is 0.157. The van der Waals surface area contributed by atoms with Gasteiger partial charge in [-0.05, 0) is 170 Å². The summed E-state index contributed by atoms with van der Waals surface area (Å²) in [6.07, 6.45) is 18.6. The average Bonchev–Trinajstić information content (AvgIpc) is 3.56. The minimum absolute atomic E-state index is 0. The zero-order chi connectivity index (χ0) is 29.4. The first-order valence-corrected chi connectivity index (χ1v) is 18.3. The van der Waals surface area contributed by atoms with Crippen molar-refractivity contribution in [2.24, 2.45) is 92.7 Å². The van der Waals surface area contributed by atoms with Crippen LogP contribution in [0.1, 0.15) is 175 Å². The number of fused-ring (bicyclic) bond motifs is 4. The van der Waals surface area contributed by atoms with Crippen molar-refractivity contribution in [3.05, 3.63) is 0 Å². The molecule has 0 nitrogen and oxygen atoms in total. The fourth-order valence-electron chi connectivity index (χ4n) is 11.5. The lowest BCUT2D eigenvalue weighted by Gasteiger charge is -2.34. The molecular formula is C42H80. The zero-order valence-electron chi connectivity index (χ0n) is 29.4.